The quantitative estimate of drug-likeness (QED) is 0.268. The Morgan fingerprint density at radius 1 is 1.03 bits per heavy atom. The molecule has 7 N–H and O–H groups in total. The van der Waals surface area contributed by atoms with Crippen molar-refractivity contribution in [3.05, 3.63) is 29.8 Å². The van der Waals surface area contributed by atoms with E-state index in [0.29, 0.717) is 17.7 Å². The second-order valence-electron chi connectivity index (χ2n) is 8.83. The smallest absolute Gasteiger partial charge is 0.338 e. The fourth-order valence-electron chi connectivity index (χ4n) is 2.61. The number of hydrogen-bond donors (Lipinski definition) is 5. The Hall–Kier alpha value is -3.14. The molecule has 0 aliphatic carbocycles. The second-order valence-corrected chi connectivity index (χ2v) is 8.83. The SMILES string of the molecule is CC(C)[C@H](N)C(=O)N[C@@H](CCCNC(N)=O)C(=O)Nc1ccc(C(=O)OC(C)(C)C)cc1. The Bertz CT molecular complexity index is 802. The molecule has 0 radical (unpaired) electrons. The largest absolute Gasteiger partial charge is 0.456 e. The molecule has 1 aromatic rings. The highest BCUT2D eigenvalue weighted by Gasteiger charge is 2.25. The molecule has 0 unspecified atom stereocenters. The standard InChI is InChI=1S/C22H35N5O5/c1-13(2)17(23)19(29)27-16(7-6-12-25-21(24)31)18(28)26-15-10-8-14(9-11-15)20(30)32-22(3,4)5/h8-11,13,16-17H,6-7,12,23H2,1-5H3,(H,26,28)(H,27,29)(H3,24,25,31)/t16-,17-/m0/s1. The summed E-state index contributed by atoms with van der Waals surface area (Å²) in [5.74, 6) is -1.46. The molecular weight excluding hydrogens is 414 g/mol. The Morgan fingerprint density at radius 3 is 2.12 bits per heavy atom. The summed E-state index contributed by atoms with van der Waals surface area (Å²) >= 11 is 0. The van der Waals surface area contributed by atoms with Gasteiger partial charge in [-0.2, -0.15) is 0 Å². The minimum atomic E-state index is -0.868. The molecule has 178 valence electrons. The van der Waals surface area contributed by atoms with E-state index in [1.807, 2.05) is 13.8 Å². The third-order valence-corrected chi connectivity index (χ3v) is 4.41. The lowest BCUT2D eigenvalue weighted by Crippen LogP contribution is -2.51. The van der Waals surface area contributed by atoms with Gasteiger partial charge in [0.25, 0.3) is 0 Å². The number of carbonyl (C=O) groups is 4. The fraction of sp³-hybridized carbons (Fsp3) is 0.545. The maximum Gasteiger partial charge on any atom is 0.338 e. The van der Waals surface area contributed by atoms with E-state index < -0.39 is 41.5 Å². The minimum absolute atomic E-state index is 0.101. The number of benzene rings is 1. The van der Waals surface area contributed by atoms with Crippen LogP contribution in [0.4, 0.5) is 10.5 Å². The summed E-state index contributed by atoms with van der Waals surface area (Å²) in [5.41, 5.74) is 11.1. The van der Waals surface area contributed by atoms with Crippen molar-refractivity contribution in [3.63, 3.8) is 0 Å². The summed E-state index contributed by atoms with van der Waals surface area (Å²) in [5, 5.41) is 7.83. The molecule has 10 heteroatoms. The summed E-state index contributed by atoms with van der Waals surface area (Å²) < 4.78 is 5.32. The normalized spacial score (nSPS) is 13.1. The predicted octanol–water partition coefficient (Wildman–Crippen LogP) is 1.50. The summed E-state index contributed by atoms with van der Waals surface area (Å²) in [6.07, 6.45) is 0.675. The summed E-state index contributed by atoms with van der Waals surface area (Å²) in [4.78, 5) is 48.1. The third kappa shape index (κ3) is 9.78. The lowest BCUT2D eigenvalue weighted by molar-refractivity contribution is -0.128. The molecule has 1 rings (SSSR count). The van der Waals surface area contributed by atoms with Crippen LogP contribution in [0.1, 0.15) is 57.8 Å². The summed E-state index contributed by atoms with van der Waals surface area (Å²) in [7, 11) is 0. The maximum atomic E-state index is 12.8. The van der Waals surface area contributed by atoms with Crippen molar-refractivity contribution in [2.24, 2.45) is 17.4 Å². The number of anilines is 1. The number of hydrogen-bond acceptors (Lipinski definition) is 6. The van der Waals surface area contributed by atoms with Crippen molar-refractivity contribution in [1.82, 2.24) is 10.6 Å². The molecule has 0 aromatic heterocycles. The van der Waals surface area contributed by atoms with E-state index in [4.69, 9.17) is 16.2 Å². The van der Waals surface area contributed by atoms with Crippen molar-refractivity contribution < 1.29 is 23.9 Å². The summed E-state index contributed by atoms with van der Waals surface area (Å²) in [6, 6.07) is 3.94. The fourth-order valence-corrected chi connectivity index (χ4v) is 2.61. The molecule has 0 spiro atoms. The zero-order valence-electron chi connectivity index (χ0n) is 19.4. The number of esters is 1. The topological polar surface area (TPSA) is 166 Å². The Balaban J connectivity index is 2.83. The van der Waals surface area contributed by atoms with Gasteiger partial charge in [0.2, 0.25) is 11.8 Å². The number of nitrogens with one attached hydrogen (secondary N) is 3. The van der Waals surface area contributed by atoms with Gasteiger partial charge >= 0.3 is 12.0 Å². The van der Waals surface area contributed by atoms with E-state index in [9.17, 15) is 19.2 Å². The van der Waals surface area contributed by atoms with Crippen LogP contribution in [0, 0.1) is 5.92 Å². The van der Waals surface area contributed by atoms with E-state index in [-0.39, 0.29) is 18.9 Å². The number of carbonyl (C=O) groups excluding carboxylic acids is 4. The number of ether oxygens (including phenoxy) is 1. The molecule has 4 amide bonds. The number of amides is 4. The number of rotatable bonds is 10. The summed E-state index contributed by atoms with van der Waals surface area (Å²) in [6.45, 7) is 9.20. The highest BCUT2D eigenvalue weighted by atomic mass is 16.6. The van der Waals surface area contributed by atoms with Crippen molar-refractivity contribution in [1.29, 1.82) is 0 Å². The van der Waals surface area contributed by atoms with Gasteiger partial charge in [-0.3, -0.25) is 9.59 Å². The van der Waals surface area contributed by atoms with Gasteiger partial charge in [0.05, 0.1) is 11.6 Å². The van der Waals surface area contributed by atoms with E-state index in [2.05, 4.69) is 16.0 Å². The predicted molar refractivity (Wildman–Crippen MR) is 122 cm³/mol. The molecule has 0 saturated heterocycles. The zero-order chi connectivity index (χ0) is 24.5. The molecule has 2 atom stereocenters. The second kappa shape index (κ2) is 12.0. The first-order valence-electron chi connectivity index (χ1n) is 10.5. The van der Waals surface area contributed by atoms with Gasteiger partial charge in [-0.1, -0.05) is 13.8 Å². The third-order valence-electron chi connectivity index (χ3n) is 4.41. The van der Waals surface area contributed by atoms with Crippen LogP contribution in [-0.4, -0.2) is 48.0 Å². The van der Waals surface area contributed by atoms with Crippen LogP contribution in [0.25, 0.3) is 0 Å². The minimum Gasteiger partial charge on any atom is -0.456 e. The van der Waals surface area contributed by atoms with Crippen molar-refractivity contribution in [2.45, 2.75) is 65.1 Å². The Morgan fingerprint density at radius 2 is 1.62 bits per heavy atom. The average molecular weight is 450 g/mol. The molecule has 0 aliphatic rings. The van der Waals surface area contributed by atoms with Crippen LogP contribution in [-0.2, 0) is 14.3 Å². The molecule has 0 heterocycles. The van der Waals surface area contributed by atoms with Crippen LogP contribution >= 0.6 is 0 Å². The Labute approximate surface area is 188 Å². The molecule has 32 heavy (non-hydrogen) atoms. The average Bonchev–Trinajstić information content (AvgIpc) is 2.68. The van der Waals surface area contributed by atoms with Gasteiger partial charge in [0, 0.05) is 12.2 Å². The van der Waals surface area contributed by atoms with Gasteiger partial charge in [-0.15, -0.1) is 0 Å². The molecule has 0 aliphatic heterocycles. The van der Waals surface area contributed by atoms with Gasteiger partial charge in [0.15, 0.2) is 0 Å². The maximum absolute atomic E-state index is 12.8. The number of primary amides is 1. The zero-order valence-corrected chi connectivity index (χ0v) is 19.4. The van der Waals surface area contributed by atoms with Crippen molar-refractivity contribution >= 4 is 29.5 Å². The van der Waals surface area contributed by atoms with E-state index in [1.165, 1.54) is 0 Å². The Kier molecular flexibility index (Phi) is 10.1. The molecule has 0 fully saturated rings. The van der Waals surface area contributed by atoms with Gasteiger partial charge in [0.1, 0.15) is 11.6 Å². The monoisotopic (exact) mass is 449 g/mol. The number of nitrogens with two attached hydrogens (primary N) is 2. The van der Waals surface area contributed by atoms with Gasteiger partial charge in [-0.05, 0) is 63.8 Å². The molecular formula is C22H35N5O5. The first-order valence-corrected chi connectivity index (χ1v) is 10.5. The van der Waals surface area contributed by atoms with Gasteiger partial charge < -0.3 is 32.2 Å². The van der Waals surface area contributed by atoms with E-state index in [0.717, 1.165) is 0 Å². The lowest BCUT2D eigenvalue weighted by Gasteiger charge is -2.22. The highest BCUT2D eigenvalue weighted by Crippen LogP contribution is 2.15. The highest BCUT2D eigenvalue weighted by molar-refractivity contribution is 5.98. The van der Waals surface area contributed by atoms with E-state index in [1.54, 1.807) is 45.0 Å². The van der Waals surface area contributed by atoms with Gasteiger partial charge in [-0.25, -0.2) is 9.59 Å². The van der Waals surface area contributed by atoms with Crippen molar-refractivity contribution in [2.75, 3.05) is 11.9 Å². The van der Waals surface area contributed by atoms with Crippen LogP contribution < -0.4 is 27.4 Å². The first kappa shape index (κ1) is 26.9. The van der Waals surface area contributed by atoms with Crippen LogP contribution in [0.5, 0.6) is 0 Å². The van der Waals surface area contributed by atoms with E-state index >= 15 is 0 Å². The number of urea groups is 1. The first-order chi connectivity index (χ1) is 14.8. The molecule has 0 saturated carbocycles. The lowest BCUT2D eigenvalue weighted by atomic mass is 10.0. The molecule has 1 aromatic carbocycles. The van der Waals surface area contributed by atoms with Crippen molar-refractivity contribution in [3.8, 4) is 0 Å². The molecule has 10 nitrogen and oxygen atoms in total. The molecule has 0 bridgehead atoms. The van der Waals surface area contributed by atoms with Crippen LogP contribution in [0.15, 0.2) is 24.3 Å². The van der Waals surface area contributed by atoms with Crippen LogP contribution in [0.2, 0.25) is 0 Å². The van der Waals surface area contributed by atoms with Crippen LogP contribution in [0.3, 0.4) is 0 Å².